The standard InChI is InChI=1S/C13H15NO/c14-9-10-2-1-3-12(8-10)11-4-6-13(15)7-5-11/h1-3,8,11,13,15H,4-7H2. The third kappa shape index (κ3) is 2.37. The molecule has 1 saturated carbocycles. The van der Waals surface area contributed by atoms with E-state index in [0.717, 1.165) is 31.2 Å². The lowest BCUT2D eigenvalue weighted by atomic mass is 9.82. The Morgan fingerprint density at radius 2 is 1.93 bits per heavy atom. The highest BCUT2D eigenvalue weighted by molar-refractivity contribution is 5.34. The van der Waals surface area contributed by atoms with Crippen molar-refractivity contribution >= 4 is 0 Å². The summed E-state index contributed by atoms with van der Waals surface area (Å²) in [5.41, 5.74) is 1.99. The Bertz CT molecular complexity index is 372. The van der Waals surface area contributed by atoms with Crippen LogP contribution in [0, 0.1) is 11.3 Å². The summed E-state index contributed by atoms with van der Waals surface area (Å²) in [7, 11) is 0. The molecule has 0 amide bonds. The van der Waals surface area contributed by atoms with Gasteiger partial charge in [-0.25, -0.2) is 0 Å². The molecule has 0 radical (unpaired) electrons. The summed E-state index contributed by atoms with van der Waals surface area (Å²) in [6.45, 7) is 0. The molecule has 0 atom stereocenters. The van der Waals surface area contributed by atoms with E-state index in [0.29, 0.717) is 5.92 Å². The van der Waals surface area contributed by atoms with Crippen molar-refractivity contribution in [2.24, 2.45) is 0 Å². The molecule has 0 bridgehead atoms. The Balaban J connectivity index is 2.12. The maximum Gasteiger partial charge on any atom is 0.0991 e. The fourth-order valence-corrected chi connectivity index (χ4v) is 2.27. The van der Waals surface area contributed by atoms with E-state index in [1.807, 2.05) is 18.2 Å². The van der Waals surface area contributed by atoms with E-state index < -0.39 is 0 Å². The van der Waals surface area contributed by atoms with Crippen molar-refractivity contribution < 1.29 is 5.11 Å². The van der Waals surface area contributed by atoms with Crippen LogP contribution in [0.2, 0.25) is 0 Å². The van der Waals surface area contributed by atoms with Crippen LogP contribution in [0.3, 0.4) is 0 Å². The third-order valence-corrected chi connectivity index (χ3v) is 3.18. The number of benzene rings is 1. The van der Waals surface area contributed by atoms with Crippen molar-refractivity contribution in [1.82, 2.24) is 0 Å². The molecule has 0 aliphatic heterocycles. The van der Waals surface area contributed by atoms with Gasteiger partial charge in [0.25, 0.3) is 0 Å². The molecule has 0 spiro atoms. The van der Waals surface area contributed by atoms with Gasteiger partial charge in [-0.05, 0) is 49.3 Å². The fourth-order valence-electron chi connectivity index (χ4n) is 2.27. The van der Waals surface area contributed by atoms with Gasteiger partial charge >= 0.3 is 0 Å². The van der Waals surface area contributed by atoms with E-state index >= 15 is 0 Å². The SMILES string of the molecule is N#Cc1cccc(C2CCC(O)CC2)c1. The molecule has 0 heterocycles. The summed E-state index contributed by atoms with van der Waals surface area (Å²) in [5, 5.41) is 18.2. The summed E-state index contributed by atoms with van der Waals surface area (Å²) < 4.78 is 0. The molecule has 0 saturated heterocycles. The number of nitriles is 1. The zero-order chi connectivity index (χ0) is 10.7. The maximum absolute atomic E-state index is 9.42. The van der Waals surface area contributed by atoms with E-state index in [1.165, 1.54) is 5.56 Å². The number of aliphatic hydroxyl groups excluding tert-OH is 1. The Kier molecular flexibility index (Phi) is 3.03. The van der Waals surface area contributed by atoms with Gasteiger partial charge in [-0.3, -0.25) is 0 Å². The second-order valence-electron chi connectivity index (χ2n) is 4.24. The van der Waals surface area contributed by atoms with Gasteiger partial charge in [0.1, 0.15) is 0 Å². The average Bonchev–Trinajstić information content (AvgIpc) is 2.30. The average molecular weight is 201 g/mol. The molecule has 1 aromatic carbocycles. The molecule has 1 fully saturated rings. The highest BCUT2D eigenvalue weighted by atomic mass is 16.3. The van der Waals surface area contributed by atoms with Crippen molar-refractivity contribution in [1.29, 1.82) is 5.26 Å². The Morgan fingerprint density at radius 1 is 1.20 bits per heavy atom. The zero-order valence-electron chi connectivity index (χ0n) is 8.69. The molecule has 0 unspecified atom stereocenters. The van der Waals surface area contributed by atoms with Crippen molar-refractivity contribution in [3.8, 4) is 6.07 Å². The second kappa shape index (κ2) is 4.46. The summed E-state index contributed by atoms with van der Waals surface area (Å²) in [5.74, 6) is 0.529. The van der Waals surface area contributed by atoms with E-state index in [4.69, 9.17) is 5.26 Å². The van der Waals surface area contributed by atoms with Crippen LogP contribution in [-0.2, 0) is 0 Å². The van der Waals surface area contributed by atoms with E-state index in [2.05, 4.69) is 12.1 Å². The van der Waals surface area contributed by atoms with Gasteiger partial charge in [-0.2, -0.15) is 5.26 Å². The van der Waals surface area contributed by atoms with Gasteiger partial charge in [-0.1, -0.05) is 12.1 Å². The summed E-state index contributed by atoms with van der Waals surface area (Å²) in [4.78, 5) is 0. The lowest BCUT2D eigenvalue weighted by Gasteiger charge is -2.25. The summed E-state index contributed by atoms with van der Waals surface area (Å²) in [6, 6.07) is 10.0. The minimum Gasteiger partial charge on any atom is -0.393 e. The number of rotatable bonds is 1. The van der Waals surface area contributed by atoms with Crippen LogP contribution in [0.5, 0.6) is 0 Å². The summed E-state index contributed by atoms with van der Waals surface area (Å²) >= 11 is 0. The molecule has 1 aliphatic carbocycles. The van der Waals surface area contributed by atoms with Crippen LogP contribution in [0.4, 0.5) is 0 Å². The highest BCUT2D eigenvalue weighted by Gasteiger charge is 2.20. The Morgan fingerprint density at radius 3 is 2.60 bits per heavy atom. The van der Waals surface area contributed by atoms with Gasteiger partial charge in [0, 0.05) is 0 Å². The van der Waals surface area contributed by atoms with Crippen LogP contribution in [0.25, 0.3) is 0 Å². The van der Waals surface area contributed by atoms with Crippen molar-refractivity contribution in [2.45, 2.75) is 37.7 Å². The topological polar surface area (TPSA) is 44.0 Å². The van der Waals surface area contributed by atoms with Gasteiger partial charge in [0.2, 0.25) is 0 Å². The smallest absolute Gasteiger partial charge is 0.0991 e. The zero-order valence-corrected chi connectivity index (χ0v) is 8.69. The quantitative estimate of drug-likeness (QED) is 0.759. The lowest BCUT2D eigenvalue weighted by Crippen LogP contribution is -2.16. The first-order valence-electron chi connectivity index (χ1n) is 5.47. The first kappa shape index (κ1) is 10.2. The second-order valence-corrected chi connectivity index (χ2v) is 4.24. The van der Waals surface area contributed by atoms with Gasteiger partial charge in [0.15, 0.2) is 0 Å². The van der Waals surface area contributed by atoms with Crippen LogP contribution >= 0.6 is 0 Å². The first-order chi connectivity index (χ1) is 7.29. The summed E-state index contributed by atoms with van der Waals surface area (Å²) in [6.07, 6.45) is 3.75. The van der Waals surface area contributed by atoms with Crippen LogP contribution in [0.1, 0.15) is 42.7 Å². The van der Waals surface area contributed by atoms with E-state index in [9.17, 15) is 5.11 Å². The monoisotopic (exact) mass is 201 g/mol. The largest absolute Gasteiger partial charge is 0.393 e. The molecule has 78 valence electrons. The molecular formula is C13H15NO. The van der Waals surface area contributed by atoms with Gasteiger partial charge < -0.3 is 5.11 Å². The molecule has 2 heteroatoms. The predicted octanol–water partition coefficient (Wildman–Crippen LogP) is 2.58. The molecule has 2 nitrogen and oxygen atoms in total. The molecule has 0 aromatic heterocycles. The third-order valence-electron chi connectivity index (χ3n) is 3.18. The normalized spacial score (nSPS) is 25.9. The first-order valence-corrected chi connectivity index (χ1v) is 5.47. The number of hydrogen-bond acceptors (Lipinski definition) is 2. The lowest BCUT2D eigenvalue weighted by molar-refractivity contribution is 0.122. The molecule has 1 N–H and O–H groups in total. The van der Waals surface area contributed by atoms with E-state index in [1.54, 1.807) is 0 Å². The Labute approximate surface area is 90.2 Å². The number of hydrogen-bond donors (Lipinski definition) is 1. The minimum absolute atomic E-state index is 0.111. The fraction of sp³-hybridized carbons (Fsp3) is 0.462. The molecule has 15 heavy (non-hydrogen) atoms. The van der Waals surface area contributed by atoms with Gasteiger partial charge in [0.05, 0.1) is 17.7 Å². The molecule has 2 rings (SSSR count). The molecule has 1 aliphatic rings. The van der Waals surface area contributed by atoms with Crippen molar-refractivity contribution in [2.75, 3.05) is 0 Å². The van der Waals surface area contributed by atoms with Crippen molar-refractivity contribution in [3.05, 3.63) is 35.4 Å². The molecule has 1 aromatic rings. The number of aliphatic hydroxyl groups is 1. The highest BCUT2D eigenvalue weighted by Crippen LogP contribution is 2.32. The van der Waals surface area contributed by atoms with Crippen molar-refractivity contribution in [3.63, 3.8) is 0 Å². The van der Waals surface area contributed by atoms with Gasteiger partial charge in [-0.15, -0.1) is 0 Å². The maximum atomic E-state index is 9.42. The number of nitrogens with zero attached hydrogens (tertiary/aromatic N) is 1. The van der Waals surface area contributed by atoms with Crippen LogP contribution < -0.4 is 0 Å². The Hall–Kier alpha value is -1.33. The molecular weight excluding hydrogens is 186 g/mol. The minimum atomic E-state index is -0.111. The van der Waals surface area contributed by atoms with Crippen LogP contribution in [0.15, 0.2) is 24.3 Å². The van der Waals surface area contributed by atoms with E-state index in [-0.39, 0.29) is 6.10 Å². The van der Waals surface area contributed by atoms with Crippen LogP contribution in [-0.4, -0.2) is 11.2 Å². The predicted molar refractivity (Wildman–Crippen MR) is 58.4 cm³/mol.